The van der Waals surface area contributed by atoms with E-state index in [9.17, 15) is 9.59 Å². The summed E-state index contributed by atoms with van der Waals surface area (Å²) < 4.78 is 6.44. The van der Waals surface area contributed by atoms with Gasteiger partial charge < -0.3 is 4.74 Å². The van der Waals surface area contributed by atoms with E-state index in [1.54, 1.807) is 12.1 Å². The topological polar surface area (TPSA) is 79.5 Å². The zero-order valence-corrected chi connectivity index (χ0v) is 18.2. The van der Waals surface area contributed by atoms with Gasteiger partial charge in [0.1, 0.15) is 5.75 Å². The van der Waals surface area contributed by atoms with E-state index in [1.807, 2.05) is 45.0 Å². The van der Waals surface area contributed by atoms with Gasteiger partial charge in [0, 0.05) is 9.13 Å². The van der Waals surface area contributed by atoms with Gasteiger partial charge in [-0.05, 0) is 96.5 Å². The van der Waals surface area contributed by atoms with E-state index in [2.05, 4.69) is 38.8 Å². The van der Waals surface area contributed by atoms with Crippen LogP contribution in [0.3, 0.4) is 0 Å². The number of nitrogens with one attached hydrogen (secondary N) is 3. The Morgan fingerprint density at radius 3 is 2.33 bits per heavy atom. The number of carbonyl (C=O) groups is 2. The zero-order chi connectivity index (χ0) is 20.0. The summed E-state index contributed by atoms with van der Waals surface area (Å²) in [5.74, 6) is -0.158. The number of carbonyl (C=O) groups excluding carboxylic acids is 2. The van der Waals surface area contributed by atoms with Gasteiger partial charge in [0.2, 0.25) is 0 Å². The maximum Gasteiger partial charge on any atom is 0.276 e. The highest BCUT2D eigenvalue weighted by Gasteiger charge is 2.10. The highest BCUT2D eigenvalue weighted by molar-refractivity contribution is 14.1. The Kier molecular flexibility index (Phi) is 7.55. The highest BCUT2D eigenvalue weighted by Crippen LogP contribution is 2.16. The van der Waals surface area contributed by atoms with Crippen LogP contribution in [0.25, 0.3) is 0 Å². The van der Waals surface area contributed by atoms with Crippen molar-refractivity contribution in [3.05, 3.63) is 62.2 Å². The van der Waals surface area contributed by atoms with E-state index in [1.165, 1.54) is 0 Å². The molecule has 2 amide bonds. The van der Waals surface area contributed by atoms with Crippen LogP contribution in [0.4, 0.5) is 0 Å². The molecule has 0 heterocycles. The van der Waals surface area contributed by atoms with Gasteiger partial charge >= 0.3 is 0 Å². The molecular formula is C19H20IN3O3S. The largest absolute Gasteiger partial charge is 0.484 e. The molecule has 0 radical (unpaired) electrons. The Morgan fingerprint density at radius 1 is 1.04 bits per heavy atom. The average Bonchev–Trinajstić information content (AvgIpc) is 2.59. The number of halogens is 1. The first-order chi connectivity index (χ1) is 12.7. The van der Waals surface area contributed by atoms with Crippen LogP contribution >= 0.6 is 34.8 Å². The van der Waals surface area contributed by atoms with E-state index < -0.39 is 5.91 Å². The molecule has 0 aliphatic rings. The maximum absolute atomic E-state index is 12.2. The number of hydrogen-bond acceptors (Lipinski definition) is 4. The predicted molar refractivity (Wildman–Crippen MR) is 117 cm³/mol. The Morgan fingerprint density at radius 2 is 1.70 bits per heavy atom. The van der Waals surface area contributed by atoms with E-state index in [0.717, 1.165) is 20.3 Å². The number of aryl methyl sites for hydroxylation is 3. The normalized spacial score (nSPS) is 10.1. The summed E-state index contributed by atoms with van der Waals surface area (Å²) >= 11 is 7.18. The molecule has 0 aliphatic heterocycles. The van der Waals surface area contributed by atoms with Gasteiger partial charge in [-0.1, -0.05) is 12.1 Å². The molecule has 2 aromatic carbocycles. The summed E-state index contributed by atoms with van der Waals surface area (Å²) in [7, 11) is 0. The molecular weight excluding hydrogens is 477 g/mol. The van der Waals surface area contributed by atoms with Crippen LogP contribution in [-0.4, -0.2) is 23.5 Å². The van der Waals surface area contributed by atoms with Gasteiger partial charge in [-0.25, -0.2) is 0 Å². The van der Waals surface area contributed by atoms with Crippen LogP contribution in [0.1, 0.15) is 27.0 Å². The standard InChI is InChI=1S/C19H20IN3O3S/c1-11-6-12(2)8-15(7-11)26-10-17(24)22-23-19(27)21-18(25)14-5-4-13(3)16(20)9-14/h4-9H,10H2,1-3H3,(H,22,24)(H2,21,23,25,27). The first-order valence-corrected chi connectivity index (χ1v) is 9.60. The fraction of sp³-hybridized carbons (Fsp3) is 0.211. The van der Waals surface area contributed by atoms with Crippen molar-refractivity contribution < 1.29 is 14.3 Å². The van der Waals surface area contributed by atoms with Crippen molar-refractivity contribution in [1.29, 1.82) is 0 Å². The molecule has 2 aromatic rings. The van der Waals surface area contributed by atoms with Crippen molar-refractivity contribution in [3.63, 3.8) is 0 Å². The Balaban J connectivity index is 1.78. The van der Waals surface area contributed by atoms with Gasteiger partial charge in [0.15, 0.2) is 11.7 Å². The molecule has 6 nitrogen and oxygen atoms in total. The van der Waals surface area contributed by atoms with Crippen LogP contribution < -0.4 is 20.9 Å². The third-order valence-electron chi connectivity index (χ3n) is 3.54. The van der Waals surface area contributed by atoms with Crippen molar-refractivity contribution in [2.24, 2.45) is 0 Å². The minimum absolute atomic E-state index is 0.00432. The van der Waals surface area contributed by atoms with Gasteiger partial charge in [-0.2, -0.15) is 0 Å². The SMILES string of the molecule is Cc1cc(C)cc(OCC(=O)NNC(=S)NC(=O)c2ccc(C)c(I)c2)c1. The molecule has 3 N–H and O–H groups in total. The molecule has 0 atom stereocenters. The predicted octanol–water partition coefficient (Wildman–Crippen LogP) is 2.93. The van der Waals surface area contributed by atoms with E-state index >= 15 is 0 Å². The van der Waals surface area contributed by atoms with Crippen molar-refractivity contribution in [1.82, 2.24) is 16.2 Å². The summed E-state index contributed by atoms with van der Waals surface area (Å²) in [6.45, 7) is 5.70. The molecule has 0 fully saturated rings. The third kappa shape index (κ3) is 6.79. The lowest BCUT2D eigenvalue weighted by atomic mass is 10.1. The second kappa shape index (κ2) is 9.65. The van der Waals surface area contributed by atoms with Crippen LogP contribution in [0.5, 0.6) is 5.75 Å². The van der Waals surface area contributed by atoms with E-state index in [-0.39, 0.29) is 17.6 Å². The molecule has 2 rings (SSSR count). The van der Waals surface area contributed by atoms with Gasteiger partial charge in [0.05, 0.1) is 0 Å². The number of amides is 2. The van der Waals surface area contributed by atoms with Crippen molar-refractivity contribution in [2.45, 2.75) is 20.8 Å². The summed E-state index contributed by atoms with van der Waals surface area (Å²) in [6.07, 6.45) is 0. The number of hydrazine groups is 1. The fourth-order valence-corrected chi connectivity index (χ4v) is 2.93. The van der Waals surface area contributed by atoms with Crippen LogP contribution in [-0.2, 0) is 4.79 Å². The lowest BCUT2D eigenvalue weighted by Gasteiger charge is -2.12. The number of thiocarbonyl (C=S) groups is 1. The highest BCUT2D eigenvalue weighted by atomic mass is 127. The van der Waals surface area contributed by atoms with Crippen molar-refractivity contribution in [2.75, 3.05) is 6.61 Å². The van der Waals surface area contributed by atoms with E-state index in [0.29, 0.717) is 11.3 Å². The molecule has 142 valence electrons. The second-order valence-corrected chi connectivity index (χ2v) is 7.60. The summed E-state index contributed by atoms with van der Waals surface area (Å²) in [5, 5.41) is 2.51. The fourth-order valence-electron chi connectivity index (χ4n) is 2.27. The number of hydrogen-bond donors (Lipinski definition) is 3. The Bertz CT molecular complexity index is 866. The summed E-state index contributed by atoms with van der Waals surface area (Å²) in [5.41, 5.74) is 8.55. The summed E-state index contributed by atoms with van der Waals surface area (Å²) in [6, 6.07) is 11.1. The molecule has 0 aliphatic carbocycles. The van der Waals surface area contributed by atoms with Gasteiger partial charge in [-0.3, -0.25) is 25.8 Å². The first kappa shape index (κ1) is 21.1. The molecule has 0 spiro atoms. The first-order valence-electron chi connectivity index (χ1n) is 8.12. The quantitative estimate of drug-likeness (QED) is 0.344. The van der Waals surface area contributed by atoms with Crippen LogP contribution in [0, 0.1) is 24.3 Å². The lowest BCUT2D eigenvalue weighted by Crippen LogP contribution is -2.49. The minimum Gasteiger partial charge on any atom is -0.484 e. The molecule has 27 heavy (non-hydrogen) atoms. The number of rotatable bonds is 4. The molecule has 0 unspecified atom stereocenters. The lowest BCUT2D eigenvalue weighted by molar-refractivity contribution is -0.123. The number of ether oxygens (including phenoxy) is 1. The third-order valence-corrected chi connectivity index (χ3v) is 4.91. The zero-order valence-electron chi connectivity index (χ0n) is 15.2. The smallest absolute Gasteiger partial charge is 0.276 e. The van der Waals surface area contributed by atoms with Gasteiger partial charge in [0.25, 0.3) is 11.8 Å². The van der Waals surface area contributed by atoms with E-state index in [4.69, 9.17) is 17.0 Å². The molecule has 0 aromatic heterocycles. The Labute approximate surface area is 177 Å². The van der Waals surface area contributed by atoms with Crippen molar-refractivity contribution >= 4 is 51.7 Å². The average molecular weight is 497 g/mol. The molecule has 0 saturated heterocycles. The molecule has 0 bridgehead atoms. The van der Waals surface area contributed by atoms with Gasteiger partial charge in [-0.15, -0.1) is 0 Å². The number of benzene rings is 2. The van der Waals surface area contributed by atoms with Crippen LogP contribution in [0.2, 0.25) is 0 Å². The summed E-state index contributed by atoms with van der Waals surface area (Å²) in [4.78, 5) is 24.0. The monoisotopic (exact) mass is 497 g/mol. The minimum atomic E-state index is -0.421. The second-order valence-electron chi connectivity index (χ2n) is 6.03. The van der Waals surface area contributed by atoms with Crippen LogP contribution in [0.15, 0.2) is 36.4 Å². The molecule has 0 saturated carbocycles. The Hall–Kier alpha value is -2.20. The van der Waals surface area contributed by atoms with Crippen molar-refractivity contribution in [3.8, 4) is 5.75 Å². The molecule has 8 heteroatoms. The maximum atomic E-state index is 12.2.